The minimum absolute atomic E-state index is 0.172. The topological polar surface area (TPSA) is 109 Å². The summed E-state index contributed by atoms with van der Waals surface area (Å²) < 4.78 is 24.5. The molecule has 5 rings (SSSR count). The first-order chi connectivity index (χ1) is 17.3. The maximum absolute atomic E-state index is 12.9. The lowest BCUT2D eigenvalue weighted by molar-refractivity contribution is -0.152. The number of allylic oxidation sites excluding steroid dienone is 3. The maximum atomic E-state index is 12.9. The van der Waals surface area contributed by atoms with Crippen molar-refractivity contribution in [3.63, 3.8) is 0 Å². The number of aryl methyl sites for hydroxylation is 1. The molecule has 1 atom stereocenters. The Bertz CT molecular complexity index is 1380. The van der Waals surface area contributed by atoms with Crippen molar-refractivity contribution < 1.29 is 28.8 Å². The number of carbonyl (C=O) groups is 1. The van der Waals surface area contributed by atoms with Gasteiger partial charge in [0.05, 0.1) is 5.69 Å². The highest BCUT2D eigenvalue weighted by molar-refractivity contribution is 5.77. The van der Waals surface area contributed by atoms with Crippen LogP contribution in [0.1, 0.15) is 32.3 Å². The fourth-order valence-corrected chi connectivity index (χ4v) is 4.32. The van der Waals surface area contributed by atoms with E-state index in [9.17, 15) is 14.7 Å². The van der Waals surface area contributed by atoms with E-state index in [0.29, 0.717) is 30.2 Å². The molecule has 0 bridgehead atoms. The van der Waals surface area contributed by atoms with E-state index in [2.05, 4.69) is 11.1 Å². The van der Waals surface area contributed by atoms with Crippen LogP contribution >= 0.6 is 0 Å². The number of aromatic nitrogens is 2. The number of fused-ring (bicyclic) bond motifs is 3. The van der Waals surface area contributed by atoms with Crippen molar-refractivity contribution >= 4 is 5.97 Å². The number of hydrogen-bond donors (Lipinski definition) is 1. The average molecular weight is 491 g/mol. The highest BCUT2D eigenvalue weighted by Gasteiger charge is 2.30. The molecule has 0 saturated heterocycles. The molecule has 0 saturated carbocycles. The van der Waals surface area contributed by atoms with Crippen molar-refractivity contribution in [3.05, 3.63) is 88.7 Å². The first-order valence-corrected chi connectivity index (χ1v) is 11.7. The fourth-order valence-electron chi connectivity index (χ4n) is 4.32. The molecule has 9 heteroatoms. The summed E-state index contributed by atoms with van der Waals surface area (Å²) in [6, 6.07) is 7.10. The van der Waals surface area contributed by atoms with Gasteiger partial charge in [0.15, 0.2) is 17.5 Å². The van der Waals surface area contributed by atoms with Gasteiger partial charge in [-0.1, -0.05) is 18.2 Å². The summed E-state index contributed by atoms with van der Waals surface area (Å²) in [6.07, 6.45) is 12.0. The molecule has 186 valence electrons. The lowest BCUT2D eigenvalue weighted by Gasteiger charge is -2.27. The molecule has 1 unspecified atom stereocenters. The first kappa shape index (κ1) is 23.5. The summed E-state index contributed by atoms with van der Waals surface area (Å²) in [5.41, 5.74) is 1.65. The van der Waals surface area contributed by atoms with Crippen molar-refractivity contribution in [2.45, 2.75) is 51.4 Å². The van der Waals surface area contributed by atoms with Crippen molar-refractivity contribution in [1.29, 1.82) is 0 Å². The van der Waals surface area contributed by atoms with Crippen LogP contribution in [0.5, 0.6) is 11.6 Å². The van der Waals surface area contributed by atoms with Crippen LogP contribution < -0.4 is 15.2 Å². The zero-order chi connectivity index (χ0) is 25.3. The third kappa shape index (κ3) is 4.64. The van der Waals surface area contributed by atoms with Crippen molar-refractivity contribution in [2.24, 2.45) is 0 Å². The molecule has 2 aliphatic heterocycles. The Hall–Kier alpha value is -4.27. The van der Waals surface area contributed by atoms with E-state index >= 15 is 0 Å². The summed E-state index contributed by atoms with van der Waals surface area (Å²) >= 11 is 0. The molecule has 0 fully saturated rings. The van der Waals surface area contributed by atoms with Gasteiger partial charge in [-0.2, -0.15) is 4.98 Å². The Morgan fingerprint density at radius 3 is 2.81 bits per heavy atom. The summed E-state index contributed by atoms with van der Waals surface area (Å²) in [7, 11) is 0. The summed E-state index contributed by atoms with van der Waals surface area (Å²) in [5.74, 6) is 0.0307. The molecule has 0 radical (unpaired) electrons. The van der Waals surface area contributed by atoms with Gasteiger partial charge in [0.2, 0.25) is 5.88 Å². The standard InChI is InChI=1S/C27H26N2O7/c1-27(2,25(30)31)36-19-8-9-20-18(14-19)10-11-29-21(20)15-23(28-26(29)32)35-24(17-6-4-3-5-7-17)22-16-33-12-13-34-22/h3-4,6,8-9,12-16,24H,5,7,10-11H2,1-2H3,(H,30,31). The van der Waals surface area contributed by atoms with E-state index < -0.39 is 23.4 Å². The number of carboxylic acid groups (broad SMARTS) is 1. The Morgan fingerprint density at radius 2 is 2.08 bits per heavy atom. The molecule has 0 spiro atoms. The molecule has 3 heterocycles. The molecule has 36 heavy (non-hydrogen) atoms. The van der Waals surface area contributed by atoms with Crippen LogP contribution in [-0.2, 0) is 27.2 Å². The molecule has 1 aromatic carbocycles. The highest BCUT2D eigenvalue weighted by Crippen LogP contribution is 2.34. The maximum Gasteiger partial charge on any atom is 0.351 e. The molecular weight excluding hydrogens is 464 g/mol. The number of carboxylic acids is 1. The molecule has 1 N–H and O–H groups in total. The van der Waals surface area contributed by atoms with Gasteiger partial charge in [-0.25, -0.2) is 9.59 Å². The fraction of sp³-hybridized carbons (Fsp3) is 0.296. The van der Waals surface area contributed by atoms with Crippen LogP contribution in [-0.4, -0.2) is 32.3 Å². The van der Waals surface area contributed by atoms with Crippen LogP contribution in [0.25, 0.3) is 11.3 Å². The molecule has 2 aromatic rings. The van der Waals surface area contributed by atoms with Gasteiger partial charge in [-0.15, -0.1) is 0 Å². The smallest absolute Gasteiger partial charge is 0.351 e. The third-order valence-electron chi connectivity index (χ3n) is 6.24. The van der Waals surface area contributed by atoms with Crippen LogP contribution in [0.2, 0.25) is 0 Å². The minimum atomic E-state index is -1.37. The highest BCUT2D eigenvalue weighted by atomic mass is 16.6. The van der Waals surface area contributed by atoms with Crippen molar-refractivity contribution in [2.75, 3.05) is 0 Å². The van der Waals surface area contributed by atoms with E-state index in [4.69, 9.17) is 18.9 Å². The number of ether oxygens (including phenoxy) is 4. The molecule has 9 nitrogen and oxygen atoms in total. The first-order valence-electron chi connectivity index (χ1n) is 11.7. The number of aliphatic carboxylic acids is 1. The van der Waals surface area contributed by atoms with Gasteiger partial charge in [0.25, 0.3) is 0 Å². The third-order valence-corrected chi connectivity index (χ3v) is 6.24. The van der Waals surface area contributed by atoms with Gasteiger partial charge < -0.3 is 24.1 Å². The van der Waals surface area contributed by atoms with Gasteiger partial charge in [-0.3, -0.25) is 4.57 Å². The van der Waals surface area contributed by atoms with E-state index in [0.717, 1.165) is 29.5 Å². The number of benzene rings is 1. The zero-order valence-corrected chi connectivity index (χ0v) is 20.0. The lowest BCUT2D eigenvalue weighted by Crippen LogP contribution is -2.38. The average Bonchev–Trinajstić information content (AvgIpc) is 2.87. The Kier molecular flexibility index (Phi) is 6.13. The van der Waals surface area contributed by atoms with Crippen LogP contribution in [0.15, 0.2) is 77.4 Å². The van der Waals surface area contributed by atoms with E-state index in [1.54, 1.807) is 16.7 Å². The van der Waals surface area contributed by atoms with Crippen LogP contribution in [0, 0.1) is 0 Å². The minimum Gasteiger partial charge on any atom is -0.478 e. The quantitative estimate of drug-likeness (QED) is 0.618. The SMILES string of the molecule is CC(C)(Oc1ccc2c(c1)CCn1c-2cc(OC(C2=CC=CCC2)C2=COC=CO2)nc1=O)C(=O)O. The lowest BCUT2D eigenvalue weighted by atomic mass is 9.97. The summed E-state index contributed by atoms with van der Waals surface area (Å²) in [6.45, 7) is 3.44. The summed E-state index contributed by atoms with van der Waals surface area (Å²) in [5, 5.41) is 9.38. The number of hydrogen-bond acceptors (Lipinski definition) is 7. The van der Waals surface area contributed by atoms with Crippen LogP contribution in [0.3, 0.4) is 0 Å². The summed E-state index contributed by atoms with van der Waals surface area (Å²) in [4.78, 5) is 28.6. The zero-order valence-electron chi connectivity index (χ0n) is 20.0. The normalized spacial score (nSPS) is 16.9. The Balaban J connectivity index is 1.48. The second kappa shape index (κ2) is 9.41. The Labute approximate surface area is 207 Å². The predicted molar refractivity (Wildman–Crippen MR) is 130 cm³/mol. The molecular formula is C27H26N2O7. The van der Waals surface area contributed by atoms with Gasteiger partial charge in [0, 0.05) is 18.2 Å². The van der Waals surface area contributed by atoms with E-state index in [1.807, 2.05) is 24.3 Å². The van der Waals surface area contributed by atoms with Crippen LogP contribution in [0.4, 0.5) is 0 Å². The number of nitrogens with zero attached hydrogens (tertiary/aromatic N) is 2. The largest absolute Gasteiger partial charge is 0.478 e. The molecule has 1 aromatic heterocycles. The molecule has 0 amide bonds. The molecule has 3 aliphatic rings. The Morgan fingerprint density at radius 1 is 1.22 bits per heavy atom. The van der Waals surface area contributed by atoms with Gasteiger partial charge in [-0.05, 0) is 62.4 Å². The van der Waals surface area contributed by atoms with Crippen molar-refractivity contribution in [3.8, 4) is 22.9 Å². The molecule has 1 aliphatic carbocycles. The van der Waals surface area contributed by atoms with E-state index in [1.165, 1.54) is 32.6 Å². The second-order valence-electron chi connectivity index (χ2n) is 9.15. The van der Waals surface area contributed by atoms with Gasteiger partial charge in [0.1, 0.15) is 24.5 Å². The second-order valence-corrected chi connectivity index (χ2v) is 9.15. The van der Waals surface area contributed by atoms with E-state index in [-0.39, 0.29) is 5.88 Å². The van der Waals surface area contributed by atoms with Crippen molar-refractivity contribution in [1.82, 2.24) is 9.55 Å². The number of rotatable bonds is 7. The van der Waals surface area contributed by atoms with Gasteiger partial charge >= 0.3 is 11.7 Å². The monoisotopic (exact) mass is 490 g/mol. The predicted octanol–water partition coefficient (Wildman–Crippen LogP) is 4.09.